The summed E-state index contributed by atoms with van der Waals surface area (Å²) in [5, 5.41) is 22.8. The van der Waals surface area contributed by atoms with Gasteiger partial charge in [-0.1, -0.05) is 75.7 Å². The summed E-state index contributed by atoms with van der Waals surface area (Å²) in [6.45, 7) is 5.71. The Kier molecular flexibility index (Phi) is 27.9. The fourth-order valence-electron chi connectivity index (χ4n) is 4.27. The monoisotopic (exact) mass is 643 g/mol. The van der Waals surface area contributed by atoms with Crippen LogP contribution in [0.25, 0.3) is 0 Å². The van der Waals surface area contributed by atoms with Gasteiger partial charge in [-0.05, 0) is 63.6 Å². The molecule has 1 rings (SSSR count). The number of carbonyl (C=O) groups is 3. The highest BCUT2D eigenvalue weighted by atomic mass is 16.5. The molecule has 0 aromatic heterocycles. The molecule has 1 aromatic rings. The zero-order valence-corrected chi connectivity index (χ0v) is 27.3. The maximum Gasteiger partial charge on any atom is 0.373 e. The van der Waals surface area contributed by atoms with E-state index in [1.807, 2.05) is 24.3 Å². The van der Waals surface area contributed by atoms with Crippen molar-refractivity contribution in [2.75, 3.05) is 13.2 Å². The van der Waals surface area contributed by atoms with Crippen molar-refractivity contribution in [1.82, 2.24) is 5.32 Å². The van der Waals surface area contributed by atoms with Crippen LogP contribution in [-0.2, 0) is 40.0 Å². The molecular weight excluding hydrogens is 594 g/mol. The lowest BCUT2D eigenvalue weighted by Gasteiger charge is -2.25. The molecule has 2 atom stereocenters. The summed E-state index contributed by atoms with van der Waals surface area (Å²) >= 11 is 0. The van der Waals surface area contributed by atoms with Crippen molar-refractivity contribution in [3.63, 3.8) is 0 Å². The Labute approximate surface area is 272 Å². The average Bonchev–Trinajstić information content (AvgIpc) is 3.01. The predicted octanol–water partition coefficient (Wildman–Crippen LogP) is 4.86. The number of aliphatic hydroxyl groups is 1. The number of carbonyl (C=O) groups excluding carboxylic acids is 6. The summed E-state index contributed by atoms with van der Waals surface area (Å²) < 4.78 is 5.49. The molecule has 0 heterocycles. The molecule has 0 bridgehead atoms. The normalized spacial score (nSPS) is 11.8. The Bertz CT molecular complexity index is 1140. The molecular formula is C35H49NO10. The number of nitrogens with one attached hydrogen (secondary N) is 1. The molecule has 3 N–H and O–H groups in total. The summed E-state index contributed by atoms with van der Waals surface area (Å²) in [5.74, 6) is 3.47. The lowest BCUT2D eigenvalue weighted by molar-refractivity contribution is -0.193. The van der Waals surface area contributed by atoms with Crippen molar-refractivity contribution in [2.45, 2.75) is 110 Å². The highest BCUT2D eigenvalue weighted by molar-refractivity contribution is 5.90. The minimum absolute atomic E-state index is 0.250. The van der Waals surface area contributed by atoms with Gasteiger partial charge in [-0.15, -0.1) is 5.92 Å². The van der Waals surface area contributed by atoms with Gasteiger partial charge in [0.1, 0.15) is 18.1 Å². The van der Waals surface area contributed by atoms with Crippen molar-refractivity contribution >= 4 is 30.0 Å². The molecule has 0 saturated heterocycles. The number of allylic oxidation sites excluding steroid dienone is 1. The highest BCUT2D eigenvalue weighted by Crippen LogP contribution is 2.21. The second-order valence-corrected chi connectivity index (χ2v) is 10.6. The van der Waals surface area contributed by atoms with Crippen LogP contribution >= 0.6 is 0 Å². The smallest absolute Gasteiger partial charge is 0.373 e. The van der Waals surface area contributed by atoms with Crippen molar-refractivity contribution in [3.05, 3.63) is 42.0 Å². The molecule has 1 amide bonds. The summed E-state index contributed by atoms with van der Waals surface area (Å²) in [5.41, 5.74) is -1.24. The molecule has 46 heavy (non-hydrogen) atoms. The molecule has 0 unspecified atom stereocenters. The van der Waals surface area contributed by atoms with Crippen molar-refractivity contribution in [3.8, 4) is 17.6 Å². The molecule has 0 fully saturated rings. The van der Waals surface area contributed by atoms with Gasteiger partial charge < -0.3 is 20.3 Å². The molecule has 254 valence electrons. The average molecular weight is 644 g/mol. The highest BCUT2D eigenvalue weighted by Gasteiger charge is 2.42. The quantitative estimate of drug-likeness (QED) is 0.0897. The summed E-state index contributed by atoms with van der Waals surface area (Å²) in [6, 6.07) is 7.47. The van der Waals surface area contributed by atoms with E-state index in [1.165, 1.54) is 25.3 Å². The van der Waals surface area contributed by atoms with Crippen LogP contribution in [0, 0.1) is 17.8 Å². The van der Waals surface area contributed by atoms with E-state index in [0.717, 1.165) is 51.0 Å². The van der Waals surface area contributed by atoms with Crippen LogP contribution in [0.5, 0.6) is 5.75 Å². The lowest BCUT2D eigenvalue weighted by atomic mass is 9.87. The van der Waals surface area contributed by atoms with Crippen molar-refractivity contribution in [1.29, 1.82) is 0 Å². The number of ether oxygens (including phenoxy) is 1. The first-order valence-electron chi connectivity index (χ1n) is 15.6. The van der Waals surface area contributed by atoms with Crippen LogP contribution in [0.3, 0.4) is 0 Å². The summed E-state index contributed by atoms with van der Waals surface area (Å²) in [7, 11) is 0. The molecule has 0 aliphatic heterocycles. The Balaban J connectivity index is 0. The third kappa shape index (κ3) is 23.1. The molecule has 0 spiro atoms. The molecule has 0 aliphatic carbocycles. The van der Waals surface area contributed by atoms with E-state index in [0.29, 0.717) is 50.4 Å². The van der Waals surface area contributed by atoms with Gasteiger partial charge >= 0.3 is 18.3 Å². The zero-order valence-electron chi connectivity index (χ0n) is 27.3. The fourth-order valence-corrected chi connectivity index (χ4v) is 4.27. The van der Waals surface area contributed by atoms with Gasteiger partial charge in [0.25, 0.3) is 0 Å². The maximum absolute atomic E-state index is 12.8. The summed E-state index contributed by atoms with van der Waals surface area (Å²) in [6.07, 6.45) is 15.8. The van der Waals surface area contributed by atoms with E-state index in [2.05, 4.69) is 24.1 Å². The molecule has 11 nitrogen and oxygen atoms in total. The van der Waals surface area contributed by atoms with Gasteiger partial charge in [-0.25, -0.2) is 4.79 Å². The van der Waals surface area contributed by atoms with Gasteiger partial charge in [-0.2, -0.15) is 19.2 Å². The number of benzene rings is 1. The van der Waals surface area contributed by atoms with Gasteiger partial charge in [0.2, 0.25) is 5.91 Å². The van der Waals surface area contributed by atoms with E-state index < -0.39 is 23.4 Å². The van der Waals surface area contributed by atoms with E-state index >= 15 is 0 Å². The Morgan fingerprint density at radius 1 is 0.913 bits per heavy atom. The Morgan fingerprint density at radius 3 is 1.98 bits per heavy atom. The van der Waals surface area contributed by atoms with Gasteiger partial charge in [0.05, 0.1) is 5.92 Å². The van der Waals surface area contributed by atoms with Crippen LogP contribution in [0.4, 0.5) is 0 Å². The van der Waals surface area contributed by atoms with Crippen LogP contribution in [0.15, 0.2) is 36.4 Å². The third-order valence-corrected chi connectivity index (χ3v) is 6.91. The topological polar surface area (TPSA) is 181 Å². The standard InChI is InChI=1S/C33H49NO6.2CO2/c1-4-6-8-11-14-17-28(35)18-15-12-9-10-13-16-19-30(33(3,39)32(37)38)31(36)34-25-24-27-20-22-29(23-21-27)40-26-7-5-2;2*2-1-3/h16,19-23,30,39H,4,6,8-15,17-18,24-26H2,1-3H3,(H,34,36)(H,37,38);;/b19-16+;;/t30-,33+;;/m1../s1. The molecule has 11 heteroatoms. The van der Waals surface area contributed by atoms with Crippen LogP contribution in [0.2, 0.25) is 0 Å². The first kappa shape index (κ1) is 43.8. The number of Topliss-reactive ketones (excluding diaryl/α,β-unsaturated/α-hetero) is 1. The Hall–Kier alpha value is -4.35. The second-order valence-electron chi connectivity index (χ2n) is 10.6. The van der Waals surface area contributed by atoms with E-state index in [-0.39, 0.29) is 12.3 Å². The lowest BCUT2D eigenvalue weighted by Crippen LogP contribution is -2.49. The number of amides is 1. The van der Waals surface area contributed by atoms with Gasteiger partial charge in [0, 0.05) is 19.4 Å². The van der Waals surface area contributed by atoms with Crippen molar-refractivity contribution in [2.24, 2.45) is 5.92 Å². The van der Waals surface area contributed by atoms with Gasteiger partial charge in [-0.3, -0.25) is 9.59 Å². The second kappa shape index (κ2) is 29.4. The first-order chi connectivity index (χ1) is 22.0. The fraction of sp³-hybridized carbons (Fsp3) is 0.571. The third-order valence-electron chi connectivity index (χ3n) is 6.91. The Morgan fingerprint density at radius 2 is 1.46 bits per heavy atom. The van der Waals surface area contributed by atoms with E-state index in [4.69, 9.17) is 23.9 Å². The minimum Gasteiger partial charge on any atom is -0.481 e. The van der Waals surface area contributed by atoms with E-state index in [9.17, 15) is 24.6 Å². The van der Waals surface area contributed by atoms with E-state index in [1.54, 1.807) is 13.0 Å². The van der Waals surface area contributed by atoms with Crippen LogP contribution in [-0.4, -0.2) is 58.9 Å². The van der Waals surface area contributed by atoms with Crippen molar-refractivity contribution < 1.29 is 48.5 Å². The summed E-state index contributed by atoms with van der Waals surface area (Å²) in [4.78, 5) is 69.0. The molecule has 0 aliphatic rings. The molecule has 0 radical (unpaired) electrons. The molecule has 0 saturated carbocycles. The predicted molar refractivity (Wildman–Crippen MR) is 169 cm³/mol. The number of unbranched alkanes of at least 4 members (excludes halogenated alkanes) is 8. The van der Waals surface area contributed by atoms with Gasteiger partial charge in [0.15, 0.2) is 5.60 Å². The maximum atomic E-state index is 12.8. The first-order valence-corrected chi connectivity index (χ1v) is 15.6. The largest absolute Gasteiger partial charge is 0.481 e. The number of hydrogen-bond donors (Lipinski definition) is 3. The number of aliphatic carboxylic acids is 1. The minimum atomic E-state index is -2.22. The van der Waals surface area contributed by atoms with Crippen LogP contribution in [0.1, 0.15) is 103 Å². The number of carboxylic acid groups (broad SMARTS) is 1. The number of hydrogen-bond acceptors (Lipinski definition) is 9. The van der Waals surface area contributed by atoms with Crippen LogP contribution < -0.4 is 10.1 Å². The zero-order chi connectivity index (χ0) is 35.1. The number of rotatable bonds is 22. The SMILES string of the molecule is CC#CCOc1ccc(CCNC(=O)[C@@H](/C=C/CCCCCCC(=O)CCCCCCC)[C@](C)(O)C(=O)O)cc1.O=C=O.O=C=O. The number of ketones is 1. The molecule has 1 aromatic carbocycles. The number of carboxylic acids is 1.